The zero-order chi connectivity index (χ0) is 14.3. The quantitative estimate of drug-likeness (QED) is 0.917. The standard InChI is InChI=1S/C16H19NO3/c1-10(11-6-7-11)15(18)17-9-13-5-3-2-4-12(13)8-14(17)16(19)20/h2-5,10-11,14H,6-9H2,1H3,(H,19,20)/t10?,14-/m0/s1. The lowest BCUT2D eigenvalue weighted by Crippen LogP contribution is -2.50. The highest BCUT2D eigenvalue weighted by Gasteiger charge is 2.40. The maximum Gasteiger partial charge on any atom is 0.326 e. The van der Waals surface area contributed by atoms with Crippen molar-refractivity contribution < 1.29 is 14.7 Å². The first-order valence-electron chi connectivity index (χ1n) is 7.18. The molecule has 1 saturated carbocycles. The molecule has 3 rings (SSSR count). The average molecular weight is 273 g/mol. The van der Waals surface area contributed by atoms with Gasteiger partial charge in [0.05, 0.1) is 0 Å². The summed E-state index contributed by atoms with van der Waals surface area (Å²) in [6.07, 6.45) is 2.60. The van der Waals surface area contributed by atoms with Gasteiger partial charge in [0.15, 0.2) is 0 Å². The molecule has 1 aromatic rings. The van der Waals surface area contributed by atoms with Crippen molar-refractivity contribution in [2.45, 2.75) is 38.8 Å². The van der Waals surface area contributed by atoms with Crippen LogP contribution in [0.15, 0.2) is 24.3 Å². The maximum absolute atomic E-state index is 12.6. The molecule has 1 fully saturated rings. The third-order valence-corrected chi connectivity index (χ3v) is 4.54. The number of amides is 1. The number of hydrogen-bond acceptors (Lipinski definition) is 2. The second-order valence-electron chi connectivity index (χ2n) is 5.92. The number of hydrogen-bond donors (Lipinski definition) is 1. The minimum absolute atomic E-state index is 0.00518. The molecule has 20 heavy (non-hydrogen) atoms. The topological polar surface area (TPSA) is 57.6 Å². The van der Waals surface area contributed by atoms with Crippen LogP contribution in [0.3, 0.4) is 0 Å². The van der Waals surface area contributed by atoms with Gasteiger partial charge in [0.1, 0.15) is 6.04 Å². The highest BCUT2D eigenvalue weighted by molar-refractivity contribution is 5.86. The van der Waals surface area contributed by atoms with Crippen molar-refractivity contribution >= 4 is 11.9 Å². The van der Waals surface area contributed by atoms with Crippen LogP contribution in [-0.4, -0.2) is 27.9 Å². The first kappa shape index (κ1) is 13.2. The zero-order valence-electron chi connectivity index (χ0n) is 11.6. The van der Waals surface area contributed by atoms with Crippen LogP contribution in [0, 0.1) is 11.8 Å². The third-order valence-electron chi connectivity index (χ3n) is 4.54. The number of aliphatic carboxylic acids is 1. The van der Waals surface area contributed by atoms with Crippen LogP contribution in [0.5, 0.6) is 0 Å². The molecule has 1 N–H and O–H groups in total. The second kappa shape index (κ2) is 4.93. The van der Waals surface area contributed by atoms with Gasteiger partial charge in [-0.25, -0.2) is 4.79 Å². The van der Waals surface area contributed by atoms with Crippen LogP contribution in [0.25, 0.3) is 0 Å². The molecule has 1 unspecified atom stereocenters. The first-order chi connectivity index (χ1) is 9.58. The Morgan fingerprint density at radius 3 is 2.50 bits per heavy atom. The number of rotatable bonds is 3. The van der Waals surface area contributed by atoms with Crippen LogP contribution in [0.4, 0.5) is 0 Å². The number of carboxylic acid groups (broad SMARTS) is 1. The number of carboxylic acids is 1. The van der Waals surface area contributed by atoms with Crippen LogP contribution < -0.4 is 0 Å². The molecule has 1 amide bonds. The van der Waals surface area contributed by atoms with Gasteiger partial charge < -0.3 is 10.0 Å². The molecule has 1 aliphatic heterocycles. The Morgan fingerprint density at radius 2 is 1.90 bits per heavy atom. The Bertz CT molecular complexity index is 550. The monoisotopic (exact) mass is 273 g/mol. The Kier molecular flexibility index (Phi) is 3.24. The lowest BCUT2D eigenvalue weighted by atomic mass is 9.92. The minimum Gasteiger partial charge on any atom is -0.480 e. The summed E-state index contributed by atoms with van der Waals surface area (Å²) in [6.45, 7) is 2.35. The van der Waals surface area contributed by atoms with E-state index in [1.807, 2.05) is 31.2 Å². The van der Waals surface area contributed by atoms with E-state index in [-0.39, 0.29) is 11.8 Å². The summed E-state index contributed by atoms with van der Waals surface area (Å²) in [6, 6.07) is 7.07. The molecular formula is C16H19NO3. The van der Waals surface area contributed by atoms with Crippen molar-refractivity contribution in [3.63, 3.8) is 0 Å². The van der Waals surface area contributed by atoms with E-state index in [1.165, 1.54) is 0 Å². The number of benzene rings is 1. The van der Waals surface area contributed by atoms with E-state index in [2.05, 4.69) is 0 Å². The zero-order valence-corrected chi connectivity index (χ0v) is 11.6. The maximum atomic E-state index is 12.6. The Balaban J connectivity index is 1.87. The second-order valence-corrected chi connectivity index (χ2v) is 5.92. The normalized spacial score (nSPS) is 23.1. The van der Waals surface area contributed by atoms with Gasteiger partial charge in [-0.1, -0.05) is 31.2 Å². The Morgan fingerprint density at radius 1 is 1.25 bits per heavy atom. The molecular weight excluding hydrogens is 254 g/mol. The molecule has 2 aliphatic rings. The molecule has 2 atom stereocenters. The fraction of sp³-hybridized carbons (Fsp3) is 0.500. The van der Waals surface area contributed by atoms with E-state index in [1.54, 1.807) is 4.90 Å². The first-order valence-corrected chi connectivity index (χ1v) is 7.18. The molecule has 1 heterocycles. The largest absolute Gasteiger partial charge is 0.480 e. The summed E-state index contributed by atoms with van der Waals surface area (Å²) >= 11 is 0. The average Bonchev–Trinajstić information content (AvgIpc) is 3.28. The molecule has 0 spiro atoms. The molecule has 0 radical (unpaired) electrons. The van der Waals surface area contributed by atoms with Crippen LogP contribution >= 0.6 is 0 Å². The SMILES string of the molecule is CC(C(=O)N1Cc2ccccc2C[C@H]1C(=O)O)C1CC1. The molecule has 1 aromatic carbocycles. The molecule has 0 saturated heterocycles. The fourth-order valence-corrected chi connectivity index (χ4v) is 3.03. The van der Waals surface area contributed by atoms with Crippen molar-refractivity contribution in [2.24, 2.45) is 11.8 Å². The summed E-state index contributed by atoms with van der Waals surface area (Å²) in [5.41, 5.74) is 2.12. The number of fused-ring (bicyclic) bond motifs is 1. The van der Waals surface area contributed by atoms with Gasteiger partial charge in [-0.2, -0.15) is 0 Å². The molecule has 4 nitrogen and oxygen atoms in total. The van der Waals surface area contributed by atoms with Crippen LogP contribution in [0.2, 0.25) is 0 Å². The lowest BCUT2D eigenvalue weighted by molar-refractivity contribution is -0.153. The molecule has 1 aliphatic carbocycles. The summed E-state index contributed by atoms with van der Waals surface area (Å²) in [5, 5.41) is 9.43. The van der Waals surface area contributed by atoms with E-state index in [0.717, 1.165) is 24.0 Å². The lowest BCUT2D eigenvalue weighted by Gasteiger charge is -2.36. The Labute approximate surface area is 118 Å². The Hall–Kier alpha value is -1.84. The van der Waals surface area contributed by atoms with Crippen molar-refractivity contribution in [3.05, 3.63) is 35.4 Å². The van der Waals surface area contributed by atoms with Gasteiger partial charge in [-0.15, -0.1) is 0 Å². The molecule has 0 bridgehead atoms. The summed E-state index contributed by atoms with van der Waals surface area (Å²) < 4.78 is 0. The van der Waals surface area contributed by atoms with Crippen LogP contribution in [-0.2, 0) is 22.6 Å². The predicted octanol–water partition coefficient (Wildman–Crippen LogP) is 2.07. The number of carbonyl (C=O) groups excluding carboxylic acids is 1. The minimum atomic E-state index is -0.907. The molecule has 4 heteroatoms. The van der Waals surface area contributed by atoms with Gasteiger partial charge in [-0.3, -0.25) is 4.79 Å². The van der Waals surface area contributed by atoms with Gasteiger partial charge in [0.25, 0.3) is 0 Å². The van der Waals surface area contributed by atoms with Gasteiger partial charge in [0.2, 0.25) is 5.91 Å². The van der Waals surface area contributed by atoms with E-state index in [9.17, 15) is 14.7 Å². The van der Waals surface area contributed by atoms with Crippen molar-refractivity contribution in [2.75, 3.05) is 0 Å². The fourth-order valence-electron chi connectivity index (χ4n) is 3.03. The van der Waals surface area contributed by atoms with E-state index < -0.39 is 12.0 Å². The van der Waals surface area contributed by atoms with Crippen molar-refractivity contribution in [1.82, 2.24) is 4.90 Å². The van der Waals surface area contributed by atoms with E-state index in [0.29, 0.717) is 18.9 Å². The van der Waals surface area contributed by atoms with E-state index in [4.69, 9.17) is 0 Å². The molecule has 106 valence electrons. The van der Waals surface area contributed by atoms with Gasteiger partial charge >= 0.3 is 5.97 Å². The highest BCUT2D eigenvalue weighted by Crippen LogP contribution is 2.38. The highest BCUT2D eigenvalue weighted by atomic mass is 16.4. The number of carbonyl (C=O) groups is 2. The van der Waals surface area contributed by atoms with Crippen LogP contribution in [0.1, 0.15) is 30.9 Å². The molecule has 0 aromatic heterocycles. The van der Waals surface area contributed by atoms with Gasteiger partial charge in [0, 0.05) is 18.9 Å². The number of nitrogens with zero attached hydrogens (tertiary/aromatic N) is 1. The third kappa shape index (κ3) is 2.30. The van der Waals surface area contributed by atoms with Crippen molar-refractivity contribution in [3.8, 4) is 0 Å². The van der Waals surface area contributed by atoms with Gasteiger partial charge in [-0.05, 0) is 29.9 Å². The summed E-state index contributed by atoms with van der Waals surface area (Å²) in [5.74, 6) is -0.513. The summed E-state index contributed by atoms with van der Waals surface area (Å²) in [7, 11) is 0. The van der Waals surface area contributed by atoms with Crippen molar-refractivity contribution in [1.29, 1.82) is 0 Å². The summed E-state index contributed by atoms with van der Waals surface area (Å²) in [4.78, 5) is 25.6. The van der Waals surface area contributed by atoms with E-state index >= 15 is 0 Å². The predicted molar refractivity (Wildman–Crippen MR) is 74.0 cm³/mol. The smallest absolute Gasteiger partial charge is 0.326 e.